The summed E-state index contributed by atoms with van der Waals surface area (Å²) in [4.78, 5) is 12.1. The van der Waals surface area contributed by atoms with E-state index in [9.17, 15) is 4.79 Å². The lowest BCUT2D eigenvalue weighted by Gasteiger charge is -2.10. The largest absolute Gasteiger partial charge is 0.385 e. The van der Waals surface area contributed by atoms with Crippen molar-refractivity contribution in [2.75, 3.05) is 17.2 Å². The Morgan fingerprint density at radius 1 is 1.00 bits per heavy atom. The molecule has 3 heteroatoms. The minimum atomic E-state index is 0.0113. The van der Waals surface area contributed by atoms with Gasteiger partial charge in [0.05, 0.1) is 6.42 Å². The number of amides is 1. The maximum Gasteiger partial charge on any atom is 0.228 e. The summed E-state index contributed by atoms with van der Waals surface area (Å²) in [5, 5.41) is 6.30. The van der Waals surface area contributed by atoms with Gasteiger partial charge in [-0.05, 0) is 48.2 Å². The number of rotatable bonds is 6. The van der Waals surface area contributed by atoms with Crippen molar-refractivity contribution in [3.63, 3.8) is 0 Å². The van der Waals surface area contributed by atoms with Crippen LogP contribution in [0.25, 0.3) is 0 Å². The molecule has 0 heterocycles. The third kappa shape index (κ3) is 4.92. The van der Waals surface area contributed by atoms with E-state index >= 15 is 0 Å². The van der Waals surface area contributed by atoms with Crippen LogP contribution in [0.2, 0.25) is 0 Å². The van der Waals surface area contributed by atoms with Crippen LogP contribution in [0.5, 0.6) is 0 Å². The molecule has 2 rings (SSSR count). The zero-order valence-corrected chi connectivity index (χ0v) is 13.5. The summed E-state index contributed by atoms with van der Waals surface area (Å²) < 4.78 is 0. The fourth-order valence-corrected chi connectivity index (χ4v) is 2.18. The molecule has 0 unspecified atom stereocenters. The minimum absolute atomic E-state index is 0.0113. The average molecular weight is 296 g/mol. The standard InChI is InChI=1S/C19H24N2O/c1-14(2)13-20-17-8-10-18(11-9-17)21-19(22)12-16-7-5-4-6-15(16)3/h4-11,14,20H,12-13H2,1-3H3,(H,21,22). The van der Waals surface area contributed by atoms with Gasteiger partial charge in [-0.15, -0.1) is 0 Å². The summed E-state index contributed by atoms with van der Waals surface area (Å²) in [5.41, 5.74) is 4.11. The molecule has 2 aromatic rings. The Bertz CT molecular complexity index is 618. The monoisotopic (exact) mass is 296 g/mol. The summed E-state index contributed by atoms with van der Waals surface area (Å²) in [6.45, 7) is 7.32. The number of carbonyl (C=O) groups excluding carboxylic acids is 1. The molecule has 0 aliphatic carbocycles. The van der Waals surface area contributed by atoms with Gasteiger partial charge in [0.1, 0.15) is 0 Å². The van der Waals surface area contributed by atoms with E-state index in [1.165, 1.54) is 0 Å². The Labute approximate surface area is 132 Å². The minimum Gasteiger partial charge on any atom is -0.385 e. The topological polar surface area (TPSA) is 41.1 Å². The third-order valence-electron chi connectivity index (χ3n) is 3.50. The van der Waals surface area contributed by atoms with Crippen LogP contribution in [0, 0.1) is 12.8 Å². The average Bonchev–Trinajstić information content (AvgIpc) is 2.49. The normalized spacial score (nSPS) is 10.5. The van der Waals surface area contributed by atoms with Crippen LogP contribution in [0.1, 0.15) is 25.0 Å². The van der Waals surface area contributed by atoms with E-state index in [1.54, 1.807) is 0 Å². The Balaban J connectivity index is 1.90. The highest BCUT2D eigenvalue weighted by atomic mass is 16.1. The fourth-order valence-electron chi connectivity index (χ4n) is 2.18. The summed E-state index contributed by atoms with van der Waals surface area (Å²) >= 11 is 0. The molecule has 3 nitrogen and oxygen atoms in total. The molecule has 0 saturated carbocycles. The quantitative estimate of drug-likeness (QED) is 0.837. The van der Waals surface area contributed by atoms with Gasteiger partial charge in [-0.2, -0.15) is 0 Å². The van der Waals surface area contributed by atoms with Crippen LogP contribution in [0.3, 0.4) is 0 Å². The molecule has 0 saturated heterocycles. The number of aryl methyl sites for hydroxylation is 1. The number of nitrogens with one attached hydrogen (secondary N) is 2. The molecule has 0 spiro atoms. The Kier molecular flexibility index (Phi) is 5.59. The number of carbonyl (C=O) groups is 1. The van der Waals surface area contributed by atoms with E-state index in [2.05, 4.69) is 24.5 Å². The summed E-state index contributed by atoms with van der Waals surface area (Å²) in [5.74, 6) is 0.616. The zero-order valence-electron chi connectivity index (χ0n) is 13.5. The van der Waals surface area contributed by atoms with Crippen molar-refractivity contribution in [2.24, 2.45) is 5.92 Å². The first-order valence-electron chi connectivity index (χ1n) is 7.73. The molecule has 0 fully saturated rings. The first kappa shape index (κ1) is 16.1. The lowest BCUT2D eigenvalue weighted by molar-refractivity contribution is -0.115. The number of benzene rings is 2. The Morgan fingerprint density at radius 2 is 1.64 bits per heavy atom. The number of anilines is 2. The van der Waals surface area contributed by atoms with Crippen molar-refractivity contribution in [2.45, 2.75) is 27.2 Å². The third-order valence-corrected chi connectivity index (χ3v) is 3.50. The number of hydrogen-bond donors (Lipinski definition) is 2. The summed E-state index contributed by atoms with van der Waals surface area (Å²) in [7, 11) is 0. The highest BCUT2D eigenvalue weighted by molar-refractivity contribution is 5.92. The molecule has 0 radical (unpaired) electrons. The molecule has 0 aromatic heterocycles. The predicted octanol–water partition coefficient (Wildman–Crippen LogP) is 4.24. The molecule has 2 aromatic carbocycles. The smallest absolute Gasteiger partial charge is 0.228 e. The highest BCUT2D eigenvalue weighted by Crippen LogP contribution is 2.15. The van der Waals surface area contributed by atoms with Gasteiger partial charge in [0, 0.05) is 17.9 Å². The second kappa shape index (κ2) is 7.64. The summed E-state index contributed by atoms with van der Waals surface area (Å²) in [6, 6.07) is 15.8. The van der Waals surface area contributed by atoms with Gasteiger partial charge in [-0.25, -0.2) is 0 Å². The van der Waals surface area contributed by atoms with Crippen molar-refractivity contribution in [1.82, 2.24) is 0 Å². The van der Waals surface area contributed by atoms with Gasteiger partial charge >= 0.3 is 0 Å². The fraction of sp³-hybridized carbons (Fsp3) is 0.316. The van der Waals surface area contributed by atoms with Gasteiger partial charge in [-0.1, -0.05) is 38.1 Å². The molecule has 22 heavy (non-hydrogen) atoms. The van der Waals surface area contributed by atoms with E-state index in [-0.39, 0.29) is 5.91 Å². The van der Waals surface area contributed by atoms with E-state index in [4.69, 9.17) is 0 Å². The van der Waals surface area contributed by atoms with Gasteiger partial charge in [0.2, 0.25) is 5.91 Å². The maximum atomic E-state index is 12.1. The van der Waals surface area contributed by atoms with Crippen molar-refractivity contribution in [3.05, 3.63) is 59.7 Å². The van der Waals surface area contributed by atoms with Crippen molar-refractivity contribution >= 4 is 17.3 Å². The van der Waals surface area contributed by atoms with E-state index in [1.807, 2.05) is 55.5 Å². The zero-order chi connectivity index (χ0) is 15.9. The molecule has 0 aliphatic heterocycles. The van der Waals surface area contributed by atoms with Crippen molar-refractivity contribution in [1.29, 1.82) is 0 Å². The molecule has 0 atom stereocenters. The van der Waals surface area contributed by atoms with Gasteiger partial charge in [-0.3, -0.25) is 4.79 Å². The molecular weight excluding hydrogens is 272 g/mol. The van der Waals surface area contributed by atoms with Crippen LogP contribution < -0.4 is 10.6 Å². The molecule has 116 valence electrons. The van der Waals surface area contributed by atoms with Crippen LogP contribution in [-0.4, -0.2) is 12.5 Å². The van der Waals surface area contributed by atoms with Crippen LogP contribution in [0.15, 0.2) is 48.5 Å². The molecule has 0 bridgehead atoms. The van der Waals surface area contributed by atoms with Crippen LogP contribution in [-0.2, 0) is 11.2 Å². The molecule has 0 aliphatic rings. The van der Waals surface area contributed by atoms with Crippen LogP contribution >= 0.6 is 0 Å². The molecule has 2 N–H and O–H groups in total. The highest BCUT2D eigenvalue weighted by Gasteiger charge is 2.06. The van der Waals surface area contributed by atoms with E-state index in [0.29, 0.717) is 12.3 Å². The maximum absolute atomic E-state index is 12.1. The van der Waals surface area contributed by atoms with Crippen molar-refractivity contribution < 1.29 is 4.79 Å². The van der Waals surface area contributed by atoms with Gasteiger partial charge in [0.25, 0.3) is 0 Å². The van der Waals surface area contributed by atoms with Crippen molar-refractivity contribution in [3.8, 4) is 0 Å². The molecular formula is C19H24N2O. The van der Waals surface area contributed by atoms with E-state index < -0.39 is 0 Å². The lowest BCUT2D eigenvalue weighted by Crippen LogP contribution is -2.15. The lowest BCUT2D eigenvalue weighted by atomic mass is 10.1. The second-order valence-corrected chi connectivity index (χ2v) is 6.00. The number of hydrogen-bond acceptors (Lipinski definition) is 2. The first-order valence-corrected chi connectivity index (χ1v) is 7.73. The predicted molar refractivity (Wildman–Crippen MR) is 93.3 cm³/mol. The Hall–Kier alpha value is -2.29. The van der Waals surface area contributed by atoms with Gasteiger partial charge in [0.15, 0.2) is 0 Å². The first-order chi connectivity index (χ1) is 10.5. The van der Waals surface area contributed by atoms with Crippen LogP contribution in [0.4, 0.5) is 11.4 Å². The second-order valence-electron chi connectivity index (χ2n) is 6.00. The summed E-state index contributed by atoms with van der Waals surface area (Å²) in [6.07, 6.45) is 0.403. The SMILES string of the molecule is Cc1ccccc1CC(=O)Nc1ccc(NCC(C)C)cc1. The van der Waals surface area contributed by atoms with Gasteiger partial charge < -0.3 is 10.6 Å². The molecule has 1 amide bonds. The van der Waals surface area contributed by atoms with E-state index in [0.717, 1.165) is 29.0 Å². The Morgan fingerprint density at radius 3 is 2.27 bits per heavy atom.